The molecule has 4 nitrogen and oxygen atoms in total. The minimum Gasteiger partial charge on any atom is -0.323 e. The molecule has 1 aromatic carbocycles. The summed E-state index contributed by atoms with van der Waals surface area (Å²) < 4.78 is 0. The smallest absolute Gasteiger partial charge is 0.321 e. The Hall–Kier alpha value is -1.66. The third kappa shape index (κ3) is 4.91. The van der Waals surface area contributed by atoms with Gasteiger partial charge < -0.3 is 10.2 Å². The van der Waals surface area contributed by atoms with Gasteiger partial charge in [0.1, 0.15) is 0 Å². The second kappa shape index (κ2) is 8.26. The van der Waals surface area contributed by atoms with Crippen LogP contribution in [0.15, 0.2) is 53.7 Å². The van der Waals surface area contributed by atoms with Crippen molar-refractivity contribution in [3.8, 4) is 0 Å². The van der Waals surface area contributed by atoms with Gasteiger partial charge >= 0.3 is 6.03 Å². The number of hydrogen-bond acceptors (Lipinski definition) is 4. The largest absolute Gasteiger partial charge is 0.323 e. The molecule has 23 heavy (non-hydrogen) atoms. The monoisotopic (exact) mass is 345 g/mol. The summed E-state index contributed by atoms with van der Waals surface area (Å²) in [6, 6.07) is 13.9. The molecule has 3 rings (SSSR count). The van der Waals surface area contributed by atoms with E-state index in [2.05, 4.69) is 16.4 Å². The van der Waals surface area contributed by atoms with Gasteiger partial charge in [-0.3, -0.25) is 0 Å². The molecule has 0 bridgehead atoms. The Morgan fingerprint density at radius 1 is 1.22 bits per heavy atom. The molecule has 6 heteroatoms. The number of benzene rings is 1. The van der Waals surface area contributed by atoms with Crippen LogP contribution in [-0.2, 0) is 5.75 Å². The molecule has 0 radical (unpaired) electrons. The van der Waals surface area contributed by atoms with Crippen LogP contribution >= 0.6 is 23.5 Å². The Morgan fingerprint density at radius 3 is 2.87 bits per heavy atom. The number of carbonyl (C=O) groups is 1. The van der Waals surface area contributed by atoms with Gasteiger partial charge in [0.05, 0.1) is 5.03 Å². The lowest BCUT2D eigenvalue weighted by Gasteiger charge is -2.26. The molecular formula is C17H19N3OS2. The lowest BCUT2D eigenvalue weighted by molar-refractivity contribution is 0.217. The average Bonchev–Trinajstić information content (AvgIpc) is 2.62. The van der Waals surface area contributed by atoms with E-state index in [1.165, 1.54) is 5.56 Å². The predicted octanol–water partition coefficient (Wildman–Crippen LogP) is 3.95. The van der Waals surface area contributed by atoms with Gasteiger partial charge in [0.25, 0.3) is 0 Å². The molecule has 1 aromatic heterocycles. The van der Waals surface area contributed by atoms with Crippen LogP contribution in [0.1, 0.15) is 5.56 Å². The highest BCUT2D eigenvalue weighted by Gasteiger charge is 2.16. The average molecular weight is 345 g/mol. The maximum absolute atomic E-state index is 12.2. The van der Waals surface area contributed by atoms with Gasteiger partial charge in [-0.05, 0) is 29.8 Å². The normalized spacial score (nSPS) is 14.5. The third-order valence-electron chi connectivity index (χ3n) is 3.50. The van der Waals surface area contributed by atoms with Gasteiger partial charge in [0.2, 0.25) is 0 Å². The Bertz CT molecular complexity index is 645. The van der Waals surface area contributed by atoms with Crippen molar-refractivity contribution in [3.63, 3.8) is 0 Å². The van der Waals surface area contributed by atoms with Gasteiger partial charge in [0.15, 0.2) is 0 Å². The Kier molecular flexibility index (Phi) is 5.82. The summed E-state index contributed by atoms with van der Waals surface area (Å²) in [6.07, 6.45) is 1.80. The maximum Gasteiger partial charge on any atom is 0.321 e. The van der Waals surface area contributed by atoms with Crippen molar-refractivity contribution in [2.24, 2.45) is 0 Å². The highest BCUT2D eigenvalue weighted by atomic mass is 32.2. The van der Waals surface area contributed by atoms with Crippen LogP contribution in [0.25, 0.3) is 0 Å². The molecule has 120 valence electrons. The van der Waals surface area contributed by atoms with E-state index in [0.29, 0.717) is 0 Å². The molecule has 0 atom stereocenters. The lowest BCUT2D eigenvalue weighted by Crippen LogP contribution is -2.40. The Morgan fingerprint density at radius 2 is 2.09 bits per heavy atom. The van der Waals surface area contributed by atoms with Crippen molar-refractivity contribution in [3.05, 3.63) is 54.2 Å². The Balaban J connectivity index is 1.57. The first-order valence-corrected chi connectivity index (χ1v) is 9.72. The zero-order valence-electron chi connectivity index (χ0n) is 12.8. The molecule has 1 saturated heterocycles. The van der Waals surface area contributed by atoms with E-state index >= 15 is 0 Å². The first-order chi connectivity index (χ1) is 11.3. The van der Waals surface area contributed by atoms with Crippen LogP contribution in [0, 0.1) is 0 Å². The number of nitrogens with one attached hydrogen (secondary N) is 1. The van der Waals surface area contributed by atoms with E-state index in [-0.39, 0.29) is 6.03 Å². The summed E-state index contributed by atoms with van der Waals surface area (Å²) >= 11 is 3.59. The molecular weight excluding hydrogens is 326 g/mol. The Labute approximate surface area is 145 Å². The molecule has 1 aliphatic rings. The van der Waals surface area contributed by atoms with E-state index < -0.39 is 0 Å². The van der Waals surface area contributed by atoms with Gasteiger partial charge in [-0.15, -0.1) is 11.8 Å². The van der Waals surface area contributed by atoms with Crippen LogP contribution in [0.3, 0.4) is 0 Å². The molecule has 0 aliphatic carbocycles. The predicted molar refractivity (Wildman–Crippen MR) is 98.2 cm³/mol. The zero-order chi connectivity index (χ0) is 15.9. The van der Waals surface area contributed by atoms with E-state index in [4.69, 9.17) is 0 Å². The minimum absolute atomic E-state index is 0.000158. The summed E-state index contributed by atoms with van der Waals surface area (Å²) in [5.74, 6) is 2.88. The minimum atomic E-state index is -0.000158. The molecule has 2 amide bonds. The van der Waals surface area contributed by atoms with E-state index in [1.54, 1.807) is 18.0 Å². The fraction of sp³-hybridized carbons (Fsp3) is 0.294. The summed E-state index contributed by atoms with van der Waals surface area (Å²) in [4.78, 5) is 18.4. The number of urea groups is 1. The number of thioether (sulfide) groups is 2. The molecule has 2 aromatic rings. The van der Waals surface area contributed by atoms with Crippen molar-refractivity contribution < 1.29 is 4.79 Å². The molecule has 0 spiro atoms. The fourth-order valence-corrected chi connectivity index (χ4v) is 4.00. The molecule has 0 saturated carbocycles. The van der Waals surface area contributed by atoms with Crippen molar-refractivity contribution in [2.45, 2.75) is 10.8 Å². The maximum atomic E-state index is 12.2. The summed E-state index contributed by atoms with van der Waals surface area (Å²) in [5, 5.41) is 4.01. The number of carbonyl (C=O) groups excluding carboxylic acids is 1. The zero-order valence-corrected chi connectivity index (χ0v) is 14.4. The first kappa shape index (κ1) is 16.2. The van der Waals surface area contributed by atoms with Crippen LogP contribution < -0.4 is 5.32 Å². The van der Waals surface area contributed by atoms with Crippen LogP contribution in [0.4, 0.5) is 10.5 Å². The quantitative estimate of drug-likeness (QED) is 0.852. The number of rotatable bonds is 4. The lowest BCUT2D eigenvalue weighted by atomic mass is 10.2. The molecule has 0 unspecified atom stereocenters. The molecule has 1 fully saturated rings. The molecule has 2 heterocycles. The third-order valence-corrected chi connectivity index (χ3v) is 5.46. The fourth-order valence-electron chi connectivity index (χ4n) is 2.30. The summed E-state index contributed by atoms with van der Waals surface area (Å²) in [6.45, 7) is 1.65. The van der Waals surface area contributed by atoms with E-state index in [1.807, 2.05) is 53.1 Å². The second-order valence-corrected chi connectivity index (χ2v) is 7.41. The van der Waals surface area contributed by atoms with Crippen molar-refractivity contribution in [2.75, 3.05) is 29.9 Å². The van der Waals surface area contributed by atoms with Gasteiger partial charge in [-0.1, -0.05) is 18.2 Å². The standard InChI is InChI=1S/C17H19N3OS2/c21-17(20-8-10-22-11-9-20)19-15-5-3-4-14(12-15)13-23-16-6-1-2-7-18-16/h1-7,12H,8-11,13H2,(H,19,21). The summed E-state index contributed by atoms with van der Waals surface area (Å²) in [7, 11) is 0. The molecule has 1 N–H and O–H groups in total. The summed E-state index contributed by atoms with van der Waals surface area (Å²) in [5.41, 5.74) is 2.03. The van der Waals surface area contributed by atoms with Crippen molar-refractivity contribution >= 4 is 35.2 Å². The van der Waals surface area contributed by atoms with Crippen LogP contribution in [-0.4, -0.2) is 40.5 Å². The highest BCUT2D eigenvalue weighted by Crippen LogP contribution is 2.22. The van der Waals surface area contributed by atoms with Crippen molar-refractivity contribution in [1.82, 2.24) is 9.88 Å². The van der Waals surface area contributed by atoms with Gasteiger partial charge in [-0.25, -0.2) is 9.78 Å². The topological polar surface area (TPSA) is 45.2 Å². The number of amides is 2. The van der Waals surface area contributed by atoms with E-state index in [0.717, 1.165) is 41.1 Å². The second-order valence-electron chi connectivity index (χ2n) is 5.19. The van der Waals surface area contributed by atoms with Crippen molar-refractivity contribution in [1.29, 1.82) is 0 Å². The van der Waals surface area contributed by atoms with Crippen LogP contribution in [0.5, 0.6) is 0 Å². The highest BCUT2D eigenvalue weighted by molar-refractivity contribution is 7.99. The number of aromatic nitrogens is 1. The number of anilines is 1. The first-order valence-electron chi connectivity index (χ1n) is 7.58. The SMILES string of the molecule is O=C(Nc1cccc(CSc2ccccn2)c1)N1CCSCC1. The number of pyridine rings is 1. The number of nitrogens with zero attached hydrogens (tertiary/aromatic N) is 2. The van der Waals surface area contributed by atoms with Gasteiger partial charge in [0, 0.05) is 42.2 Å². The van der Waals surface area contributed by atoms with Crippen LogP contribution in [0.2, 0.25) is 0 Å². The number of hydrogen-bond donors (Lipinski definition) is 1. The van der Waals surface area contributed by atoms with Gasteiger partial charge in [-0.2, -0.15) is 11.8 Å². The molecule has 1 aliphatic heterocycles. The van der Waals surface area contributed by atoms with E-state index in [9.17, 15) is 4.79 Å².